The highest BCUT2D eigenvalue weighted by atomic mass is 32.2. The van der Waals surface area contributed by atoms with E-state index >= 15 is 0 Å². The highest BCUT2D eigenvalue weighted by Gasteiger charge is 2.22. The van der Waals surface area contributed by atoms with Crippen LogP contribution in [-0.2, 0) is 21.3 Å². The number of hydrogen-bond donors (Lipinski definition) is 1. The van der Waals surface area contributed by atoms with Crippen LogP contribution < -0.4 is 5.32 Å². The fourth-order valence-corrected chi connectivity index (χ4v) is 4.06. The lowest BCUT2D eigenvalue weighted by atomic mass is 10.4. The SMILES string of the molecule is COCCN(C)S(=O)(=O)c1ccc(CNC(C)C)s1. The van der Waals surface area contributed by atoms with Crippen LogP contribution in [0.3, 0.4) is 0 Å². The molecule has 0 spiro atoms. The fraction of sp³-hybridized carbons (Fsp3) is 0.667. The van der Waals surface area contributed by atoms with Crippen molar-refractivity contribution in [2.75, 3.05) is 27.3 Å². The maximum atomic E-state index is 12.2. The molecule has 0 aliphatic heterocycles. The van der Waals surface area contributed by atoms with Gasteiger partial charge in [-0.25, -0.2) is 8.42 Å². The summed E-state index contributed by atoms with van der Waals surface area (Å²) >= 11 is 1.31. The van der Waals surface area contributed by atoms with E-state index in [-0.39, 0.29) is 0 Å². The van der Waals surface area contributed by atoms with Gasteiger partial charge in [0.2, 0.25) is 0 Å². The van der Waals surface area contributed by atoms with Gasteiger partial charge in [-0.3, -0.25) is 0 Å². The lowest BCUT2D eigenvalue weighted by Crippen LogP contribution is -2.29. The minimum absolute atomic E-state index is 0.357. The number of rotatable bonds is 8. The Balaban J connectivity index is 2.73. The molecule has 1 heterocycles. The number of methoxy groups -OCH3 is 1. The first-order valence-electron chi connectivity index (χ1n) is 6.15. The van der Waals surface area contributed by atoms with E-state index in [0.29, 0.717) is 29.9 Å². The molecule has 0 amide bonds. The van der Waals surface area contributed by atoms with E-state index in [1.807, 2.05) is 6.07 Å². The summed E-state index contributed by atoms with van der Waals surface area (Å²) < 4.78 is 31.1. The molecule has 0 aliphatic rings. The van der Waals surface area contributed by atoms with Gasteiger partial charge < -0.3 is 10.1 Å². The Kier molecular flexibility index (Phi) is 6.41. The van der Waals surface area contributed by atoms with Gasteiger partial charge in [-0.2, -0.15) is 4.31 Å². The van der Waals surface area contributed by atoms with Crippen LogP contribution in [0.15, 0.2) is 16.3 Å². The maximum Gasteiger partial charge on any atom is 0.252 e. The van der Waals surface area contributed by atoms with Crippen LogP contribution in [0.5, 0.6) is 0 Å². The minimum Gasteiger partial charge on any atom is -0.383 e. The van der Waals surface area contributed by atoms with Crippen molar-refractivity contribution < 1.29 is 13.2 Å². The number of likely N-dealkylation sites (N-methyl/N-ethyl adjacent to an activating group) is 1. The predicted molar refractivity (Wildman–Crippen MR) is 78.0 cm³/mol. The zero-order chi connectivity index (χ0) is 14.5. The average Bonchev–Trinajstić information content (AvgIpc) is 2.82. The van der Waals surface area contributed by atoms with E-state index in [0.717, 1.165) is 4.88 Å². The Hall–Kier alpha value is -0.470. The van der Waals surface area contributed by atoms with Crippen LogP contribution in [0.25, 0.3) is 0 Å². The Morgan fingerprint density at radius 3 is 2.68 bits per heavy atom. The maximum absolute atomic E-state index is 12.2. The van der Waals surface area contributed by atoms with Gasteiger partial charge in [0.15, 0.2) is 0 Å². The summed E-state index contributed by atoms with van der Waals surface area (Å²) in [5.74, 6) is 0. The summed E-state index contributed by atoms with van der Waals surface area (Å²) in [4.78, 5) is 1.02. The molecule has 0 bridgehead atoms. The van der Waals surface area contributed by atoms with Gasteiger partial charge in [0.05, 0.1) is 6.61 Å². The van der Waals surface area contributed by atoms with Crippen molar-refractivity contribution in [3.05, 3.63) is 17.0 Å². The molecule has 5 nitrogen and oxygen atoms in total. The summed E-state index contributed by atoms with van der Waals surface area (Å²) in [5, 5.41) is 3.27. The van der Waals surface area contributed by atoms with E-state index in [1.54, 1.807) is 20.2 Å². The van der Waals surface area contributed by atoms with Crippen LogP contribution in [-0.4, -0.2) is 46.1 Å². The molecular formula is C12H22N2O3S2. The third-order valence-electron chi connectivity index (χ3n) is 2.60. The van der Waals surface area contributed by atoms with E-state index < -0.39 is 10.0 Å². The normalized spacial score (nSPS) is 12.5. The highest BCUT2D eigenvalue weighted by Crippen LogP contribution is 2.24. The quantitative estimate of drug-likeness (QED) is 0.791. The molecule has 0 saturated heterocycles. The molecule has 0 saturated carbocycles. The minimum atomic E-state index is -3.38. The molecule has 0 radical (unpaired) electrons. The summed E-state index contributed by atoms with van der Waals surface area (Å²) in [5.41, 5.74) is 0. The number of nitrogens with one attached hydrogen (secondary N) is 1. The van der Waals surface area contributed by atoms with Crippen molar-refractivity contribution in [2.24, 2.45) is 0 Å². The van der Waals surface area contributed by atoms with Crippen LogP contribution >= 0.6 is 11.3 Å². The van der Waals surface area contributed by atoms with Gasteiger partial charge in [0.1, 0.15) is 4.21 Å². The first-order valence-corrected chi connectivity index (χ1v) is 8.41. The van der Waals surface area contributed by atoms with Crippen molar-refractivity contribution in [2.45, 2.75) is 30.6 Å². The van der Waals surface area contributed by atoms with Gasteiger partial charge >= 0.3 is 0 Å². The number of sulfonamides is 1. The molecule has 0 fully saturated rings. The van der Waals surface area contributed by atoms with Gasteiger partial charge in [-0.1, -0.05) is 13.8 Å². The first-order chi connectivity index (χ1) is 8.87. The van der Waals surface area contributed by atoms with Gasteiger partial charge in [-0.05, 0) is 12.1 Å². The summed E-state index contributed by atoms with van der Waals surface area (Å²) in [6, 6.07) is 3.91. The fourth-order valence-electron chi connectivity index (χ4n) is 1.39. The molecule has 1 N–H and O–H groups in total. The largest absolute Gasteiger partial charge is 0.383 e. The molecule has 1 rings (SSSR count). The average molecular weight is 306 g/mol. The van der Waals surface area contributed by atoms with Gasteiger partial charge in [-0.15, -0.1) is 11.3 Å². The van der Waals surface area contributed by atoms with Gasteiger partial charge in [0, 0.05) is 38.2 Å². The molecule has 0 aromatic carbocycles. The Bertz CT molecular complexity index is 483. The molecule has 1 aromatic heterocycles. The second kappa shape index (κ2) is 7.35. The molecule has 0 atom stereocenters. The monoisotopic (exact) mass is 306 g/mol. The van der Waals surface area contributed by atoms with E-state index in [9.17, 15) is 8.42 Å². The van der Waals surface area contributed by atoms with Crippen molar-refractivity contribution in [3.8, 4) is 0 Å². The number of hydrogen-bond acceptors (Lipinski definition) is 5. The van der Waals surface area contributed by atoms with Crippen molar-refractivity contribution in [3.63, 3.8) is 0 Å². The Morgan fingerprint density at radius 2 is 2.11 bits per heavy atom. The third kappa shape index (κ3) is 4.85. The van der Waals surface area contributed by atoms with E-state index in [4.69, 9.17) is 4.74 Å². The first kappa shape index (κ1) is 16.6. The van der Waals surface area contributed by atoms with Crippen molar-refractivity contribution >= 4 is 21.4 Å². The standard InChI is InChI=1S/C12H22N2O3S2/c1-10(2)13-9-11-5-6-12(18-11)19(15,16)14(3)7-8-17-4/h5-6,10,13H,7-9H2,1-4H3. The number of ether oxygens (including phenoxy) is 1. The van der Waals surface area contributed by atoms with Crippen molar-refractivity contribution in [1.82, 2.24) is 9.62 Å². The molecule has 0 unspecified atom stereocenters. The highest BCUT2D eigenvalue weighted by molar-refractivity contribution is 7.91. The summed E-state index contributed by atoms with van der Waals surface area (Å²) in [7, 11) is -0.258. The Labute approximate surface area is 119 Å². The van der Waals surface area contributed by atoms with Crippen LogP contribution in [0.2, 0.25) is 0 Å². The topological polar surface area (TPSA) is 58.6 Å². The van der Waals surface area contributed by atoms with Gasteiger partial charge in [0.25, 0.3) is 10.0 Å². The lowest BCUT2D eigenvalue weighted by Gasteiger charge is -2.15. The number of nitrogens with zero attached hydrogens (tertiary/aromatic N) is 1. The molecule has 110 valence electrons. The van der Waals surface area contributed by atoms with Crippen LogP contribution in [0.1, 0.15) is 18.7 Å². The van der Waals surface area contributed by atoms with Crippen LogP contribution in [0.4, 0.5) is 0 Å². The molecule has 7 heteroatoms. The summed E-state index contributed by atoms with van der Waals surface area (Å²) in [6.07, 6.45) is 0. The molecule has 1 aromatic rings. The molecule has 0 aliphatic carbocycles. The number of thiophene rings is 1. The predicted octanol–water partition coefficient (Wildman–Crippen LogP) is 1.51. The van der Waals surface area contributed by atoms with E-state index in [1.165, 1.54) is 15.6 Å². The van der Waals surface area contributed by atoms with Crippen molar-refractivity contribution in [1.29, 1.82) is 0 Å². The summed E-state index contributed by atoms with van der Waals surface area (Å²) in [6.45, 7) is 5.56. The second-order valence-electron chi connectivity index (χ2n) is 4.58. The smallest absolute Gasteiger partial charge is 0.252 e. The Morgan fingerprint density at radius 1 is 1.42 bits per heavy atom. The third-order valence-corrected chi connectivity index (χ3v) is 6.01. The second-order valence-corrected chi connectivity index (χ2v) is 8.02. The molecular weight excluding hydrogens is 284 g/mol. The van der Waals surface area contributed by atoms with E-state index in [2.05, 4.69) is 19.2 Å². The zero-order valence-corrected chi connectivity index (χ0v) is 13.5. The lowest BCUT2D eigenvalue weighted by molar-refractivity contribution is 0.185. The molecule has 19 heavy (non-hydrogen) atoms. The zero-order valence-electron chi connectivity index (χ0n) is 11.8. The van der Waals surface area contributed by atoms with Crippen LogP contribution in [0, 0.1) is 0 Å².